The molecule has 1 N–H and O–H groups in total. The third-order valence-electron chi connectivity index (χ3n) is 4.56. The number of allylic oxidation sites excluding steroid dienone is 1. The van der Waals surface area contributed by atoms with E-state index in [1.165, 1.54) is 19.9 Å². The fourth-order valence-corrected chi connectivity index (χ4v) is 3.03. The van der Waals surface area contributed by atoms with Crippen LogP contribution in [0, 0.1) is 5.41 Å². The summed E-state index contributed by atoms with van der Waals surface area (Å²) < 4.78 is 5.65. The highest BCUT2D eigenvalue weighted by molar-refractivity contribution is 6.38. The van der Waals surface area contributed by atoms with E-state index >= 15 is 0 Å². The summed E-state index contributed by atoms with van der Waals surface area (Å²) in [7, 11) is 0. The van der Waals surface area contributed by atoms with Crippen LogP contribution in [0.2, 0.25) is 0 Å². The van der Waals surface area contributed by atoms with Gasteiger partial charge >= 0.3 is 0 Å². The summed E-state index contributed by atoms with van der Waals surface area (Å²) in [4.78, 5) is 37.2. The Morgan fingerprint density at radius 2 is 1.74 bits per heavy atom. The summed E-state index contributed by atoms with van der Waals surface area (Å²) in [5, 5.41) is 10.6. The van der Waals surface area contributed by atoms with Gasteiger partial charge in [0.15, 0.2) is 17.2 Å². The molecule has 1 aromatic rings. The number of ether oxygens (including phenoxy) is 1. The van der Waals surface area contributed by atoms with Gasteiger partial charge in [0.05, 0.1) is 5.41 Å². The van der Waals surface area contributed by atoms with E-state index in [9.17, 15) is 19.5 Å². The van der Waals surface area contributed by atoms with Gasteiger partial charge in [-0.3, -0.25) is 14.4 Å². The van der Waals surface area contributed by atoms with E-state index in [4.69, 9.17) is 4.74 Å². The largest absolute Gasteiger partial charge is 0.456 e. The molecule has 1 fully saturated rings. The minimum absolute atomic E-state index is 0.0592. The number of carbonyl (C=O) groups is 3. The summed E-state index contributed by atoms with van der Waals surface area (Å²) in [5.41, 5.74) is -3.35. The fraction of sp³-hybridized carbons (Fsp3) is 0.278. The van der Waals surface area contributed by atoms with E-state index in [2.05, 4.69) is 0 Å². The van der Waals surface area contributed by atoms with Gasteiger partial charge in [-0.1, -0.05) is 18.2 Å². The van der Waals surface area contributed by atoms with Crippen molar-refractivity contribution >= 4 is 23.4 Å². The van der Waals surface area contributed by atoms with Gasteiger partial charge in [-0.05, 0) is 39.0 Å². The van der Waals surface area contributed by atoms with Crippen LogP contribution in [0.3, 0.4) is 0 Å². The Labute approximate surface area is 133 Å². The number of hydrogen-bond acceptors (Lipinski definition) is 5. The number of fused-ring (bicyclic) bond motifs is 1. The van der Waals surface area contributed by atoms with E-state index in [-0.39, 0.29) is 11.3 Å². The molecule has 2 aliphatic rings. The zero-order valence-corrected chi connectivity index (χ0v) is 13.0. The molecule has 0 bridgehead atoms. The maximum atomic E-state index is 12.7. The number of aliphatic hydroxyl groups is 1. The number of hydrogen-bond donors (Lipinski definition) is 1. The molecule has 3 rings (SSSR count). The second-order valence-corrected chi connectivity index (χ2v) is 6.26. The highest BCUT2D eigenvalue weighted by Crippen LogP contribution is 2.46. The second kappa shape index (κ2) is 4.73. The molecule has 1 heterocycles. The second-order valence-electron chi connectivity index (χ2n) is 6.26. The molecular formula is C18H16O5. The van der Waals surface area contributed by atoms with Crippen LogP contribution >= 0.6 is 0 Å². The maximum absolute atomic E-state index is 12.7. The molecule has 23 heavy (non-hydrogen) atoms. The topological polar surface area (TPSA) is 80.7 Å². The zero-order chi connectivity index (χ0) is 17.0. The van der Waals surface area contributed by atoms with E-state index in [0.717, 1.165) is 12.5 Å². The van der Waals surface area contributed by atoms with E-state index in [1.807, 2.05) is 12.1 Å². The summed E-state index contributed by atoms with van der Waals surface area (Å²) >= 11 is 0. The summed E-state index contributed by atoms with van der Waals surface area (Å²) in [6.07, 6.45) is 3.23. The van der Waals surface area contributed by atoms with Crippen molar-refractivity contribution < 1.29 is 24.2 Å². The predicted octanol–water partition coefficient (Wildman–Crippen LogP) is 1.84. The molecule has 1 aromatic carbocycles. The van der Waals surface area contributed by atoms with E-state index in [0.29, 0.717) is 5.75 Å². The molecule has 5 nitrogen and oxygen atoms in total. The van der Waals surface area contributed by atoms with Crippen LogP contribution in [0.1, 0.15) is 26.3 Å². The first-order chi connectivity index (χ1) is 10.7. The van der Waals surface area contributed by atoms with Crippen LogP contribution in [0.25, 0.3) is 6.08 Å². The first-order valence-electron chi connectivity index (χ1n) is 7.23. The molecule has 0 aromatic heterocycles. The Balaban J connectivity index is 2.17. The minimum Gasteiger partial charge on any atom is -0.456 e. The van der Waals surface area contributed by atoms with Crippen molar-refractivity contribution in [1.29, 1.82) is 0 Å². The fourth-order valence-electron chi connectivity index (χ4n) is 3.03. The normalized spacial score (nSPS) is 28.5. The maximum Gasteiger partial charge on any atom is 0.210 e. The van der Waals surface area contributed by atoms with Crippen molar-refractivity contribution in [1.82, 2.24) is 0 Å². The Hall–Kier alpha value is -2.53. The highest BCUT2D eigenvalue weighted by Gasteiger charge is 2.66. The average Bonchev–Trinajstić information content (AvgIpc) is 2.66. The van der Waals surface area contributed by atoms with Crippen LogP contribution in [0.15, 0.2) is 41.7 Å². The summed E-state index contributed by atoms with van der Waals surface area (Å²) in [5.74, 6) is -1.69. The van der Waals surface area contributed by atoms with Gasteiger partial charge in [0.1, 0.15) is 17.1 Å². The summed E-state index contributed by atoms with van der Waals surface area (Å²) in [6.45, 7) is 3.89. The van der Waals surface area contributed by atoms with Crippen molar-refractivity contribution in [3.63, 3.8) is 0 Å². The van der Waals surface area contributed by atoms with E-state index in [1.54, 1.807) is 18.2 Å². The zero-order valence-electron chi connectivity index (χ0n) is 13.0. The SMILES string of the molecule is CC(=O)C1(O)C(=O)C(=C2C=Cc3ccccc3O2)C(=O)C1(C)C. The molecule has 1 saturated carbocycles. The van der Waals surface area contributed by atoms with Gasteiger partial charge in [-0.25, -0.2) is 0 Å². The van der Waals surface area contributed by atoms with Crippen molar-refractivity contribution in [2.75, 3.05) is 0 Å². The average molecular weight is 312 g/mol. The number of carbonyl (C=O) groups excluding carboxylic acids is 3. The molecule has 1 unspecified atom stereocenters. The number of ketones is 3. The van der Waals surface area contributed by atoms with Crippen LogP contribution in [-0.4, -0.2) is 28.1 Å². The molecule has 0 radical (unpaired) electrons. The van der Waals surface area contributed by atoms with Gasteiger partial charge in [-0.2, -0.15) is 0 Å². The van der Waals surface area contributed by atoms with Crippen LogP contribution in [0.4, 0.5) is 0 Å². The Kier molecular flexibility index (Phi) is 3.16. The Morgan fingerprint density at radius 3 is 2.35 bits per heavy atom. The number of Topliss-reactive ketones (excluding diaryl/α,β-unsaturated/α-hetero) is 3. The molecule has 1 aliphatic heterocycles. The van der Waals surface area contributed by atoms with E-state index < -0.39 is 28.4 Å². The van der Waals surface area contributed by atoms with Gasteiger partial charge in [0.25, 0.3) is 0 Å². The third-order valence-corrected chi connectivity index (χ3v) is 4.56. The van der Waals surface area contributed by atoms with Crippen molar-refractivity contribution in [2.24, 2.45) is 5.41 Å². The molecule has 1 aliphatic carbocycles. The van der Waals surface area contributed by atoms with Crippen molar-refractivity contribution in [3.8, 4) is 5.75 Å². The minimum atomic E-state index is -2.36. The molecule has 0 saturated heterocycles. The van der Waals surface area contributed by atoms with Gasteiger partial charge < -0.3 is 9.84 Å². The third kappa shape index (κ3) is 1.86. The Bertz CT molecular complexity index is 812. The molecule has 5 heteroatoms. The van der Waals surface area contributed by atoms with Crippen molar-refractivity contribution in [3.05, 3.63) is 47.2 Å². The lowest BCUT2D eigenvalue weighted by molar-refractivity contribution is -0.158. The van der Waals surface area contributed by atoms with Crippen molar-refractivity contribution in [2.45, 2.75) is 26.4 Å². The molecule has 0 spiro atoms. The quantitative estimate of drug-likeness (QED) is 0.486. The summed E-state index contributed by atoms with van der Waals surface area (Å²) in [6, 6.07) is 7.16. The predicted molar refractivity (Wildman–Crippen MR) is 82.6 cm³/mol. The van der Waals surface area contributed by atoms with Crippen LogP contribution < -0.4 is 4.74 Å². The number of rotatable bonds is 1. The van der Waals surface area contributed by atoms with Gasteiger partial charge in [0, 0.05) is 5.56 Å². The molecule has 1 atom stereocenters. The lowest BCUT2D eigenvalue weighted by Crippen LogP contribution is -2.53. The lowest BCUT2D eigenvalue weighted by Gasteiger charge is -2.30. The van der Waals surface area contributed by atoms with Crippen LogP contribution in [-0.2, 0) is 14.4 Å². The molecular weight excluding hydrogens is 296 g/mol. The first-order valence-corrected chi connectivity index (χ1v) is 7.23. The molecule has 0 amide bonds. The lowest BCUT2D eigenvalue weighted by atomic mass is 9.74. The van der Waals surface area contributed by atoms with Gasteiger partial charge in [-0.15, -0.1) is 0 Å². The molecule has 118 valence electrons. The number of benzene rings is 1. The monoisotopic (exact) mass is 312 g/mol. The standard InChI is InChI=1S/C18H16O5/c1-10(19)18(22)16(21)14(15(20)17(18,2)3)13-9-8-11-6-4-5-7-12(11)23-13/h4-9,22H,1-3H3. The number of para-hydroxylation sites is 1. The van der Waals surface area contributed by atoms with Gasteiger partial charge in [0.2, 0.25) is 5.78 Å². The first kappa shape index (κ1) is 15.4. The van der Waals surface area contributed by atoms with Crippen LogP contribution in [0.5, 0.6) is 5.75 Å². The smallest absolute Gasteiger partial charge is 0.210 e. The Morgan fingerprint density at radius 1 is 1.09 bits per heavy atom. The highest BCUT2D eigenvalue weighted by atomic mass is 16.5.